The van der Waals surface area contributed by atoms with Gasteiger partial charge in [-0.2, -0.15) is 0 Å². The van der Waals surface area contributed by atoms with Crippen molar-refractivity contribution in [2.75, 3.05) is 5.32 Å². The third-order valence-corrected chi connectivity index (χ3v) is 5.22. The highest BCUT2D eigenvalue weighted by Crippen LogP contribution is 2.27. The van der Waals surface area contributed by atoms with E-state index < -0.39 is 6.10 Å². The first-order chi connectivity index (χ1) is 14.0. The lowest BCUT2D eigenvalue weighted by atomic mass is 10.1. The first-order valence-corrected chi connectivity index (χ1v) is 9.60. The van der Waals surface area contributed by atoms with Gasteiger partial charge in [0.25, 0.3) is 5.91 Å². The predicted octanol–water partition coefficient (Wildman–Crippen LogP) is 3.83. The Hall–Kier alpha value is -3.54. The van der Waals surface area contributed by atoms with Crippen LogP contribution in [0.15, 0.2) is 65.5 Å². The molecule has 6 nitrogen and oxygen atoms in total. The molecule has 0 fully saturated rings. The summed E-state index contributed by atoms with van der Waals surface area (Å²) in [5, 5.41) is 4.96. The summed E-state index contributed by atoms with van der Waals surface area (Å²) in [7, 11) is 3.45. The summed E-state index contributed by atoms with van der Waals surface area (Å²) in [5.41, 5.74) is 2.10. The van der Waals surface area contributed by atoms with Crippen molar-refractivity contribution in [2.45, 2.75) is 19.4 Å². The zero-order valence-electron chi connectivity index (χ0n) is 16.7. The largest absolute Gasteiger partial charge is 0.480 e. The van der Waals surface area contributed by atoms with Gasteiger partial charge in [-0.05, 0) is 36.1 Å². The third kappa shape index (κ3) is 3.38. The first kappa shape index (κ1) is 18.8. The number of benzene rings is 3. The Bertz CT molecular complexity index is 1260. The number of hydrogen-bond donors (Lipinski definition) is 1. The minimum atomic E-state index is -0.629. The van der Waals surface area contributed by atoms with Gasteiger partial charge in [0.05, 0.1) is 11.0 Å². The molecule has 0 aliphatic rings. The zero-order chi connectivity index (χ0) is 20.5. The molecule has 1 heterocycles. The Morgan fingerprint density at radius 2 is 1.72 bits per heavy atom. The molecule has 1 atom stereocenters. The monoisotopic (exact) mass is 389 g/mol. The van der Waals surface area contributed by atoms with Gasteiger partial charge >= 0.3 is 5.69 Å². The maximum atomic E-state index is 12.9. The Morgan fingerprint density at radius 3 is 2.52 bits per heavy atom. The summed E-state index contributed by atoms with van der Waals surface area (Å²) < 4.78 is 9.22. The molecule has 0 radical (unpaired) electrons. The minimum Gasteiger partial charge on any atom is -0.480 e. The maximum absolute atomic E-state index is 12.9. The number of imidazole rings is 1. The molecule has 0 saturated carbocycles. The summed E-state index contributed by atoms with van der Waals surface area (Å²) in [5.74, 6) is 0.465. The van der Waals surface area contributed by atoms with Gasteiger partial charge < -0.3 is 10.1 Å². The number of carbonyl (C=O) groups is 1. The van der Waals surface area contributed by atoms with Crippen molar-refractivity contribution in [1.82, 2.24) is 9.13 Å². The highest BCUT2D eigenvalue weighted by atomic mass is 16.5. The van der Waals surface area contributed by atoms with Crippen LogP contribution in [-0.4, -0.2) is 21.1 Å². The average Bonchev–Trinajstić information content (AvgIpc) is 2.95. The number of ether oxygens (including phenoxy) is 1. The van der Waals surface area contributed by atoms with E-state index in [0.717, 1.165) is 21.8 Å². The van der Waals surface area contributed by atoms with Crippen molar-refractivity contribution in [1.29, 1.82) is 0 Å². The summed E-state index contributed by atoms with van der Waals surface area (Å²) in [6.45, 7) is 1.92. The molecule has 4 rings (SSSR count). The van der Waals surface area contributed by atoms with Crippen LogP contribution in [0.25, 0.3) is 21.8 Å². The van der Waals surface area contributed by atoms with Gasteiger partial charge in [-0.15, -0.1) is 0 Å². The number of anilines is 1. The van der Waals surface area contributed by atoms with Crippen LogP contribution in [0.5, 0.6) is 5.75 Å². The van der Waals surface area contributed by atoms with Gasteiger partial charge in [0.15, 0.2) is 6.10 Å². The number of carbonyl (C=O) groups excluding carboxylic acids is 1. The molecule has 0 saturated heterocycles. The second kappa shape index (κ2) is 7.47. The lowest BCUT2D eigenvalue weighted by Gasteiger charge is -2.18. The van der Waals surface area contributed by atoms with E-state index in [2.05, 4.69) is 5.32 Å². The van der Waals surface area contributed by atoms with E-state index in [0.29, 0.717) is 17.9 Å². The lowest BCUT2D eigenvalue weighted by Crippen LogP contribution is -2.32. The van der Waals surface area contributed by atoms with Crippen LogP contribution in [0.2, 0.25) is 0 Å². The number of nitrogens with one attached hydrogen (secondary N) is 1. The molecule has 4 aromatic rings. The van der Waals surface area contributed by atoms with Crippen molar-refractivity contribution >= 4 is 33.4 Å². The van der Waals surface area contributed by atoms with Crippen molar-refractivity contribution in [2.24, 2.45) is 14.1 Å². The average molecular weight is 389 g/mol. The number of aryl methyl sites for hydroxylation is 2. The Morgan fingerprint density at radius 1 is 1.00 bits per heavy atom. The number of rotatable bonds is 5. The van der Waals surface area contributed by atoms with E-state index in [1.807, 2.05) is 55.5 Å². The van der Waals surface area contributed by atoms with E-state index in [1.54, 1.807) is 35.4 Å². The topological polar surface area (TPSA) is 65.3 Å². The number of aromatic nitrogens is 2. The van der Waals surface area contributed by atoms with Gasteiger partial charge in [0.1, 0.15) is 5.75 Å². The Kier molecular flexibility index (Phi) is 4.84. The predicted molar refractivity (Wildman–Crippen MR) is 115 cm³/mol. The molecule has 1 N–H and O–H groups in total. The lowest BCUT2D eigenvalue weighted by molar-refractivity contribution is -0.122. The second-order valence-electron chi connectivity index (χ2n) is 7.09. The number of nitrogens with zero attached hydrogens (tertiary/aromatic N) is 2. The molecular formula is C23H23N3O3. The fourth-order valence-corrected chi connectivity index (χ4v) is 3.58. The molecule has 148 valence electrons. The minimum absolute atomic E-state index is 0.103. The van der Waals surface area contributed by atoms with E-state index >= 15 is 0 Å². The third-order valence-electron chi connectivity index (χ3n) is 5.22. The molecule has 0 aliphatic heterocycles. The van der Waals surface area contributed by atoms with Crippen molar-refractivity contribution < 1.29 is 9.53 Å². The maximum Gasteiger partial charge on any atom is 0.328 e. The summed E-state index contributed by atoms with van der Waals surface area (Å²) >= 11 is 0. The van der Waals surface area contributed by atoms with E-state index in [4.69, 9.17) is 4.74 Å². The molecule has 0 spiro atoms. The molecule has 29 heavy (non-hydrogen) atoms. The molecule has 3 aromatic carbocycles. The van der Waals surface area contributed by atoms with E-state index in [-0.39, 0.29) is 11.6 Å². The molecule has 6 heteroatoms. The van der Waals surface area contributed by atoms with Crippen LogP contribution in [0.3, 0.4) is 0 Å². The van der Waals surface area contributed by atoms with Crippen LogP contribution in [-0.2, 0) is 18.9 Å². The molecule has 0 bridgehead atoms. The number of amides is 1. The van der Waals surface area contributed by atoms with Gasteiger partial charge in [0.2, 0.25) is 0 Å². The van der Waals surface area contributed by atoms with Gasteiger partial charge in [-0.3, -0.25) is 13.9 Å². The first-order valence-electron chi connectivity index (χ1n) is 9.60. The highest BCUT2D eigenvalue weighted by Gasteiger charge is 2.20. The fourth-order valence-electron chi connectivity index (χ4n) is 3.58. The normalized spacial score (nSPS) is 12.2. The van der Waals surface area contributed by atoms with E-state index in [9.17, 15) is 9.59 Å². The smallest absolute Gasteiger partial charge is 0.328 e. The standard InChI is InChI=1S/C23H23N3O3/c1-4-20(29-21-11-7-9-15-8-5-6-10-17(15)21)22(27)24-16-12-13-18-19(14-16)26(3)23(28)25(18)2/h5-14,20H,4H2,1-3H3,(H,24,27)/t20-/m0/s1. The fraction of sp³-hybridized carbons (Fsp3) is 0.217. The Balaban J connectivity index is 1.58. The second-order valence-corrected chi connectivity index (χ2v) is 7.09. The molecule has 1 aromatic heterocycles. The van der Waals surface area contributed by atoms with Gasteiger partial charge in [-0.25, -0.2) is 4.79 Å². The van der Waals surface area contributed by atoms with Crippen molar-refractivity contribution in [3.05, 3.63) is 71.1 Å². The van der Waals surface area contributed by atoms with Gasteiger partial charge in [-0.1, -0.05) is 43.3 Å². The summed E-state index contributed by atoms with van der Waals surface area (Å²) in [6.07, 6.45) is -0.0997. The molecular weight excluding hydrogens is 366 g/mol. The van der Waals surface area contributed by atoms with Crippen LogP contribution in [0.4, 0.5) is 5.69 Å². The molecule has 0 aliphatic carbocycles. The molecule has 0 unspecified atom stereocenters. The molecule has 1 amide bonds. The quantitative estimate of drug-likeness (QED) is 0.564. The van der Waals surface area contributed by atoms with Crippen molar-refractivity contribution in [3.8, 4) is 5.75 Å². The summed E-state index contributed by atoms with van der Waals surface area (Å²) in [6, 6.07) is 19.2. The van der Waals surface area contributed by atoms with Crippen LogP contribution in [0.1, 0.15) is 13.3 Å². The van der Waals surface area contributed by atoms with Crippen LogP contribution >= 0.6 is 0 Å². The zero-order valence-corrected chi connectivity index (χ0v) is 16.7. The highest BCUT2D eigenvalue weighted by molar-refractivity contribution is 5.96. The Labute approximate surface area is 168 Å². The SMILES string of the molecule is CC[C@H](Oc1cccc2ccccc12)C(=O)Nc1ccc2c(c1)n(C)c(=O)n2C. The number of fused-ring (bicyclic) bond motifs is 2. The van der Waals surface area contributed by atoms with Crippen LogP contribution in [0, 0.1) is 0 Å². The van der Waals surface area contributed by atoms with Crippen molar-refractivity contribution in [3.63, 3.8) is 0 Å². The van der Waals surface area contributed by atoms with Gasteiger partial charge in [0, 0.05) is 25.2 Å². The van der Waals surface area contributed by atoms with Crippen LogP contribution < -0.4 is 15.7 Å². The number of hydrogen-bond acceptors (Lipinski definition) is 3. The summed E-state index contributed by atoms with van der Waals surface area (Å²) in [4.78, 5) is 25.0. The van der Waals surface area contributed by atoms with E-state index in [1.165, 1.54) is 0 Å².